The number of nitrogens with zero attached hydrogens (tertiary/aromatic N) is 1. The molecule has 0 saturated heterocycles. The number of pyridine rings is 1. The van der Waals surface area contributed by atoms with Crippen LogP contribution >= 0.6 is 0 Å². The highest BCUT2D eigenvalue weighted by Gasteiger charge is 2.30. The van der Waals surface area contributed by atoms with Crippen molar-refractivity contribution in [2.24, 2.45) is 5.92 Å². The van der Waals surface area contributed by atoms with Crippen LogP contribution in [0.4, 0.5) is 10.1 Å². The maximum absolute atomic E-state index is 13.7. The molecule has 0 radical (unpaired) electrons. The normalized spacial score (nSPS) is 19.9. The van der Waals surface area contributed by atoms with Gasteiger partial charge in [0, 0.05) is 11.3 Å². The Hall–Kier alpha value is -2.75. The van der Waals surface area contributed by atoms with Crippen LogP contribution in [0.25, 0.3) is 10.9 Å². The zero-order valence-electron chi connectivity index (χ0n) is 13.8. The zero-order valence-corrected chi connectivity index (χ0v) is 13.8. The van der Waals surface area contributed by atoms with E-state index in [2.05, 4.69) is 22.4 Å². The average molecular weight is 334 g/mol. The minimum atomic E-state index is -0.350. The minimum absolute atomic E-state index is 0.00779. The predicted molar refractivity (Wildman–Crippen MR) is 96.9 cm³/mol. The molecule has 1 aromatic heterocycles. The summed E-state index contributed by atoms with van der Waals surface area (Å²) in [6, 6.07) is 17.0. The van der Waals surface area contributed by atoms with Gasteiger partial charge in [0.15, 0.2) is 0 Å². The zero-order chi connectivity index (χ0) is 17.2. The summed E-state index contributed by atoms with van der Waals surface area (Å²) in [5, 5.41) is 3.63. The third kappa shape index (κ3) is 3.25. The Morgan fingerprint density at radius 1 is 1.08 bits per heavy atom. The van der Waals surface area contributed by atoms with Crippen molar-refractivity contribution in [3.05, 3.63) is 72.2 Å². The number of fused-ring (bicyclic) bond motifs is 1. The van der Waals surface area contributed by atoms with Crippen LogP contribution < -0.4 is 5.32 Å². The van der Waals surface area contributed by atoms with E-state index in [4.69, 9.17) is 0 Å². The fourth-order valence-corrected chi connectivity index (χ4v) is 3.68. The number of carbonyl (C=O) groups excluding carboxylic acids is 1. The van der Waals surface area contributed by atoms with Gasteiger partial charge in [-0.2, -0.15) is 0 Å². The Balaban J connectivity index is 1.46. The second kappa shape index (κ2) is 6.63. The molecule has 3 aromatic rings. The van der Waals surface area contributed by atoms with Crippen molar-refractivity contribution < 1.29 is 9.18 Å². The first kappa shape index (κ1) is 15.8. The van der Waals surface area contributed by atoms with E-state index < -0.39 is 0 Å². The summed E-state index contributed by atoms with van der Waals surface area (Å²) in [5.74, 6) is 0.127. The Bertz CT molecular complexity index is 910. The molecule has 1 saturated carbocycles. The standard InChI is InChI=1S/C21H19FN2O/c22-19-8-4-7-16-12-18(13-23-20(16)19)24-21(25)17-10-9-15(11-17)14-5-2-1-3-6-14/h1-8,12-13,15,17H,9-11H2,(H,24,25)/t15-,17-/m1/s1. The van der Waals surface area contributed by atoms with Gasteiger partial charge in [-0.3, -0.25) is 9.78 Å². The first-order valence-electron chi connectivity index (χ1n) is 8.61. The highest BCUT2D eigenvalue weighted by atomic mass is 19.1. The van der Waals surface area contributed by atoms with Crippen LogP contribution in [0.2, 0.25) is 0 Å². The fraction of sp³-hybridized carbons (Fsp3) is 0.238. The number of aromatic nitrogens is 1. The van der Waals surface area contributed by atoms with Crippen molar-refractivity contribution in [2.45, 2.75) is 25.2 Å². The van der Waals surface area contributed by atoms with E-state index in [9.17, 15) is 9.18 Å². The molecular weight excluding hydrogens is 315 g/mol. The first-order valence-corrected chi connectivity index (χ1v) is 8.61. The van der Waals surface area contributed by atoms with Crippen LogP contribution in [0.5, 0.6) is 0 Å². The molecule has 0 aliphatic heterocycles. The average Bonchev–Trinajstić information content (AvgIpc) is 3.13. The highest BCUT2D eigenvalue weighted by Crippen LogP contribution is 2.38. The third-order valence-electron chi connectivity index (χ3n) is 5.00. The van der Waals surface area contributed by atoms with E-state index in [1.54, 1.807) is 18.2 Å². The van der Waals surface area contributed by atoms with Gasteiger partial charge >= 0.3 is 0 Å². The highest BCUT2D eigenvalue weighted by molar-refractivity contribution is 5.94. The SMILES string of the molecule is O=C(Nc1cnc2c(F)cccc2c1)[C@@H]1CC[C@@H](c2ccccc2)C1. The number of para-hydroxylation sites is 1. The Labute approximate surface area is 145 Å². The lowest BCUT2D eigenvalue weighted by molar-refractivity contribution is -0.119. The van der Waals surface area contributed by atoms with Crippen molar-refractivity contribution in [3.63, 3.8) is 0 Å². The predicted octanol–water partition coefficient (Wildman–Crippen LogP) is 4.90. The van der Waals surface area contributed by atoms with Crippen LogP contribution in [-0.4, -0.2) is 10.9 Å². The van der Waals surface area contributed by atoms with Gasteiger partial charge in [0.1, 0.15) is 11.3 Å². The van der Waals surface area contributed by atoms with Gasteiger partial charge in [-0.15, -0.1) is 0 Å². The van der Waals surface area contributed by atoms with Crippen LogP contribution in [0.1, 0.15) is 30.7 Å². The molecule has 126 valence electrons. The quantitative estimate of drug-likeness (QED) is 0.740. The summed E-state index contributed by atoms with van der Waals surface area (Å²) in [7, 11) is 0. The number of anilines is 1. The molecule has 1 fully saturated rings. The molecule has 1 aliphatic carbocycles. The molecule has 2 aromatic carbocycles. The van der Waals surface area contributed by atoms with Crippen LogP contribution in [0, 0.1) is 11.7 Å². The molecule has 0 bridgehead atoms. The van der Waals surface area contributed by atoms with E-state index in [-0.39, 0.29) is 17.6 Å². The topological polar surface area (TPSA) is 42.0 Å². The van der Waals surface area contributed by atoms with Crippen LogP contribution in [-0.2, 0) is 4.79 Å². The summed E-state index contributed by atoms with van der Waals surface area (Å²) >= 11 is 0. The Morgan fingerprint density at radius 3 is 2.76 bits per heavy atom. The van der Waals surface area contributed by atoms with Crippen molar-refractivity contribution in [3.8, 4) is 0 Å². The summed E-state index contributed by atoms with van der Waals surface area (Å²) < 4.78 is 13.7. The molecule has 0 spiro atoms. The Morgan fingerprint density at radius 2 is 1.92 bits per heavy atom. The van der Waals surface area contributed by atoms with Crippen LogP contribution in [0.3, 0.4) is 0 Å². The summed E-state index contributed by atoms with van der Waals surface area (Å²) in [4.78, 5) is 16.7. The van der Waals surface area contributed by atoms with E-state index in [1.165, 1.54) is 17.8 Å². The molecule has 0 unspecified atom stereocenters. The molecule has 1 amide bonds. The third-order valence-corrected chi connectivity index (χ3v) is 5.00. The molecule has 4 rings (SSSR count). The number of benzene rings is 2. The number of carbonyl (C=O) groups is 1. The number of rotatable bonds is 3. The van der Waals surface area contributed by atoms with Crippen molar-refractivity contribution in [2.75, 3.05) is 5.32 Å². The van der Waals surface area contributed by atoms with Crippen molar-refractivity contribution in [1.82, 2.24) is 4.98 Å². The van der Waals surface area contributed by atoms with E-state index in [1.807, 2.05) is 18.2 Å². The summed E-state index contributed by atoms with van der Waals surface area (Å²) in [6.45, 7) is 0. The minimum Gasteiger partial charge on any atom is -0.324 e. The summed E-state index contributed by atoms with van der Waals surface area (Å²) in [6.07, 6.45) is 4.31. The van der Waals surface area contributed by atoms with Gasteiger partial charge < -0.3 is 5.32 Å². The molecule has 4 heteroatoms. The van der Waals surface area contributed by atoms with Gasteiger partial charge in [0.05, 0.1) is 11.9 Å². The maximum atomic E-state index is 13.7. The fourth-order valence-electron chi connectivity index (χ4n) is 3.68. The van der Waals surface area contributed by atoms with Gasteiger partial charge in [0.2, 0.25) is 5.91 Å². The number of hydrogen-bond acceptors (Lipinski definition) is 2. The van der Waals surface area contributed by atoms with E-state index in [0.29, 0.717) is 22.5 Å². The first-order chi connectivity index (χ1) is 12.2. The van der Waals surface area contributed by atoms with E-state index >= 15 is 0 Å². The lowest BCUT2D eigenvalue weighted by Crippen LogP contribution is -2.20. The smallest absolute Gasteiger partial charge is 0.227 e. The van der Waals surface area contributed by atoms with Gasteiger partial charge in [0.25, 0.3) is 0 Å². The lowest BCUT2D eigenvalue weighted by Gasteiger charge is -2.12. The van der Waals surface area contributed by atoms with Crippen molar-refractivity contribution in [1.29, 1.82) is 0 Å². The number of hydrogen-bond donors (Lipinski definition) is 1. The largest absolute Gasteiger partial charge is 0.324 e. The maximum Gasteiger partial charge on any atom is 0.227 e. The molecular formula is C21H19FN2O. The van der Waals surface area contributed by atoms with Gasteiger partial charge in [-0.1, -0.05) is 42.5 Å². The molecule has 3 nitrogen and oxygen atoms in total. The second-order valence-electron chi connectivity index (χ2n) is 6.64. The molecule has 2 atom stereocenters. The summed E-state index contributed by atoms with van der Waals surface area (Å²) in [5.41, 5.74) is 2.25. The number of nitrogens with one attached hydrogen (secondary N) is 1. The van der Waals surface area contributed by atoms with E-state index in [0.717, 1.165) is 19.3 Å². The number of halogens is 1. The lowest BCUT2D eigenvalue weighted by atomic mass is 9.96. The van der Waals surface area contributed by atoms with Gasteiger partial charge in [-0.25, -0.2) is 4.39 Å². The molecule has 1 N–H and O–H groups in total. The van der Waals surface area contributed by atoms with Gasteiger partial charge in [-0.05, 0) is 42.9 Å². The second-order valence-corrected chi connectivity index (χ2v) is 6.64. The van der Waals surface area contributed by atoms with Crippen LogP contribution in [0.15, 0.2) is 60.8 Å². The monoisotopic (exact) mass is 334 g/mol. The Kier molecular flexibility index (Phi) is 4.18. The number of amides is 1. The molecule has 1 heterocycles. The molecule has 1 aliphatic rings. The molecule has 25 heavy (non-hydrogen) atoms. The van der Waals surface area contributed by atoms with Crippen molar-refractivity contribution >= 4 is 22.5 Å².